The molecule has 28 heavy (non-hydrogen) atoms. The van der Waals surface area contributed by atoms with Crippen LogP contribution in [-0.4, -0.2) is 33.5 Å². The van der Waals surface area contributed by atoms with Gasteiger partial charge < -0.3 is 5.32 Å². The lowest BCUT2D eigenvalue weighted by Gasteiger charge is -2.30. The molecule has 0 radical (unpaired) electrons. The highest BCUT2D eigenvalue weighted by Crippen LogP contribution is 2.20. The summed E-state index contributed by atoms with van der Waals surface area (Å²) in [6, 6.07) is 17.5. The van der Waals surface area contributed by atoms with Crippen LogP contribution in [0.25, 0.3) is 5.69 Å². The Balaban J connectivity index is 1.59. The molecule has 1 unspecified atom stereocenters. The second kappa shape index (κ2) is 7.36. The van der Waals surface area contributed by atoms with Crippen LogP contribution in [0.15, 0.2) is 78.0 Å². The fraction of sp³-hybridized carbons (Fsp3) is 0.100. The van der Waals surface area contributed by atoms with Crippen LogP contribution in [0.3, 0.4) is 0 Å². The van der Waals surface area contributed by atoms with Gasteiger partial charge in [0, 0.05) is 12.4 Å². The Kier molecular flexibility index (Phi) is 4.59. The van der Waals surface area contributed by atoms with Crippen molar-refractivity contribution in [2.24, 2.45) is 4.99 Å². The van der Waals surface area contributed by atoms with Crippen molar-refractivity contribution in [1.82, 2.24) is 15.2 Å². The smallest absolute Gasteiger partial charge is 0.292 e. The van der Waals surface area contributed by atoms with Crippen molar-refractivity contribution in [2.45, 2.75) is 13.0 Å². The number of aromatic nitrogens is 2. The summed E-state index contributed by atoms with van der Waals surface area (Å²) < 4.78 is 1.66. The molecule has 0 fully saturated rings. The van der Waals surface area contributed by atoms with E-state index in [9.17, 15) is 9.59 Å². The largest absolute Gasteiger partial charge is 0.317 e. The molecule has 1 aliphatic rings. The number of para-hydroxylation sites is 3. The molecule has 8 heteroatoms. The molecule has 2 amide bonds. The minimum atomic E-state index is -0.677. The number of carbonyl (C=O) groups excluding carboxylic acids is 2. The molecule has 0 spiro atoms. The number of hydrogen-bond acceptors (Lipinski definition) is 5. The first kappa shape index (κ1) is 17.5. The molecule has 2 aromatic carbocycles. The third-order valence-corrected chi connectivity index (χ3v) is 4.25. The van der Waals surface area contributed by atoms with Crippen molar-refractivity contribution in [3.05, 3.63) is 73.1 Å². The summed E-state index contributed by atoms with van der Waals surface area (Å²) >= 11 is 0. The lowest BCUT2D eigenvalue weighted by molar-refractivity contribution is -0.120. The predicted octanol–water partition coefficient (Wildman–Crippen LogP) is 2.15. The van der Waals surface area contributed by atoms with Crippen molar-refractivity contribution in [3.63, 3.8) is 0 Å². The molecule has 0 aliphatic carbocycles. The Labute approximate surface area is 161 Å². The van der Waals surface area contributed by atoms with Gasteiger partial charge >= 0.3 is 0 Å². The number of benzene rings is 2. The number of nitrogens with zero attached hydrogens (tertiary/aromatic N) is 4. The first-order valence-corrected chi connectivity index (χ1v) is 8.77. The third-order valence-electron chi connectivity index (χ3n) is 4.25. The number of aliphatic imine (C=N–C) groups is 1. The van der Waals surface area contributed by atoms with E-state index in [2.05, 4.69) is 20.8 Å². The van der Waals surface area contributed by atoms with Crippen molar-refractivity contribution >= 4 is 29.0 Å². The average molecular weight is 374 g/mol. The topological polar surface area (TPSA) is 91.6 Å². The molecule has 0 bridgehead atoms. The van der Waals surface area contributed by atoms with Gasteiger partial charge in [-0.1, -0.05) is 30.3 Å². The molecular weight excluding hydrogens is 356 g/mol. The van der Waals surface area contributed by atoms with Gasteiger partial charge in [-0.2, -0.15) is 5.10 Å². The van der Waals surface area contributed by atoms with Gasteiger partial charge in [0.25, 0.3) is 11.8 Å². The molecular formula is C20H18N6O2. The van der Waals surface area contributed by atoms with E-state index in [1.165, 1.54) is 5.01 Å². The Bertz CT molecular complexity index is 1030. The van der Waals surface area contributed by atoms with E-state index >= 15 is 0 Å². The first-order chi connectivity index (χ1) is 13.6. The third kappa shape index (κ3) is 3.35. The maximum atomic E-state index is 12.8. The monoisotopic (exact) mass is 374 g/mol. The van der Waals surface area contributed by atoms with E-state index in [0.29, 0.717) is 11.4 Å². The van der Waals surface area contributed by atoms with Gasteiger partial charge in [0.15, 0.2) is 0 Å². The molecule has 3 aromatic rings. The van der Waals surface area contributed by atoms with Crippen LogP contribution in [0.5, 0.6) is 0 Å². The second-order valence-electron chi connectivity index (χ2n) is 6.20. The molecule has 140 valence electrons. The van der Waals surface area contributed by atoms with Crippen LogP contribution in [0.2, 0.25) is 0 Å². The zero-order valence-electron chi connectivity index (χ0n) is 15.1. The van der Waals surface area contributed by atoms with Crippen LogP contribution >= 0.6 is 0 Å². The van der Waals surface area contributed by atoms with Gasteiger partial charge in [-0.25, -0.2) is 14.7 Å². The maximum absolute atomic E-state index is 12.8. The Morgan fingerprint density at radius 1 is 1.07 bits per heavy atom. The van der Waals surface area contributed by atoms with Gasteiger partial charge in [0.2, 0.25) is 5.84 Å². The Morgan fingerprint density at radius 2 is 1.82 bits per heavy atom. The molecule has 0 saturated carbocycles. The van der Waals surface area contributed by atoms with Crippen LogP contribution in [0.4, 0.5) is 11.4 Å². The summed E-state index contributed by atoms with van der Waals surface area (Å²) in [5.41, 5.74) is 4.76. The number of amidine groups is 1. The van der Waals surface area contributed by atoms with Crippen LogP contribution < -0.4 is 15.8 Å². The molecule has 1 aliphatic heterocycles. The molecule has 8 nitrogen and oxygen atoms in total. The van der Waals surface area contributed by atoms with Gasteiger partial charge in [0.05, 0.1) is 17.1 Å². The highest BCUT2D eigenvalue weighted by Gasteiger charge is 2.30. The minimum Gasteiger partial charge on any atom is -0.317 e. The number of carbonyl (C=O) groups is 2. The zero-order chi connectivity index (χ0) is 19.5. The Morgan fingerprint density at radius 3 is 2.57 bits per heavy atom. The first-order valence-electron chi connectivity index (χ1n) is 8.77. The summed E-state index contributed by atoms with van der Waals surface area (Å²) in [6.45, 7) is 1.66. The fourth-order valence-electron chi connectivity index (χ4n) is 2.88. The predicted molar refractivity (Wildman–Crippen MR) is 106 cm³/mol. The summed E-state index contributed by atoms with van der Waals surface area (Å²) in [5.74, 6) is -0.620. The van der Waals surface area contributed by atoms with Gasteiger partial charge in [-0.05, 0) is 37.3 Å². The second-order valence-corrected chi connectivity index (χ2v) is 6.20. The molecule has 0 saturated heterocycles. The van der Waals surface area contributed by atoms with E-state index in [1.54, 1.807) is 48.3 Å². The molecule has 4 rings (SSSR count). The summed E-state index contributed by atoms with van der Waals surface area (Å²) in [4.78, 5) is 29.5. The molecule has 2 N–H and O–H groups in total. The Hall–Kier alpha value is -3.94. The number of hydrogen-bond donors (Lipinski definition) is 2. The molecule has 1 aromatic heterocycles. The van der Waals surface area contributed by atoms with Crippen molar-refractivity contribution < 1.29 is 9.59 Å². The van der Waals surface area contributed by atoms with E-state index in [-0.39, 0.29) is 11.7 Å². The highest BCUT2D eigenvalue weighted by atomic mass is 16.2. The van der Waals surface area contributed by atoms with Crippen molar-refractivity contribution in [1.29, 1.82) is 0 Å². The summed E-state index contributed by atoms with van der Waals surface area (Å²) in [7, 11) is 0. The lowest BCUT2D eigenvalue weighted by Crippen LogP contribution is -2.57. The van der Waals surface area contributed by atoms with Crippen molar-refractivity contribution in [2.75, 3.05) is 10.3 Å². The number of nitrogens with one attached hydrogen (secondary N) is 2. The number of hydrazine groups is 1. The van der Waals surface area contributed by atoms with E-state index in [0.717, 1.165) is 5.69 Å². The summed E-state index contributed by atoms with van der Waals surface area (Å²) in [5, 5.41) is 8.39. The summed E-state index contributed by atoms with van der Waals surface area (Å²) in [6.07, 6.45) is 3.45. The van der Waals surface area contributed by atoms with Gasteiger partial charge in [0.1, 0.15) is 6.04 Å². The number of amides is 2. The minimum absolute atomic E-state index is 0.0613. The fourth-order valence-corrected chi connectivity index (χ4v) is 2.88. The van der Waals surface area contributed by atoms with Crippen LogP contribution in [0, 0.1) is 0 Å². The van der Waals surface area contributed by atoms with Gasteiger partial charge in [-0.15, -0.1) is 0 Å². The normalized spacial score (nSPS) is 16.3. The van der Waals surface area contributed by atoms with Crippen LogP contribution in [-0.2, 0) is 9.59 Å². The molecule has 1 atom stereocenters. The van der Waals surface area contributed by atoms with Gasteiger partial charge in [-0.3, -0.25) is 15.0 Å². The average Bonchev–Trinajstić information content (AvgIpc) is 3.25. The van der Waals surface area contributed by atoms with E-state index < -0.39 is 11.9 Å². The van der Waals surface area contributed by atoms with E-state index in [1.807, 2.05) is 36.4 Å². The number of rotatable bonds is 4. The number of anilines is 2. The van der Waals surface area contributed by atoms with Crippen LogP contribution in [0.1, 0.15) is 6.92 Å². The highest BCUT2D eigenvalue weighted by molar-refractivity contribution is 6.43. The maximum Gasteiger partial charge on any atom is 0.292 e. The standard InChI is InChI=1S/C20H18N6O2/c1-14-20(28)26(15-8-3-2-4-9-15)24-18(22-14)19(27)23-16-10-5-6-11-17(16)25-13-7-12-21-25/h2-14H,1H3,(H,22,24)(H,23,27). The molecule has 2 heterocycles. The SMILES string of the molecule is CC1N=C(C(=O)Nc2ccccc2-n2cccn2)NN(c2ccccc2)C1=O. The lowest BCUT2D eigenvalue weighted by atomic mass is 10.2. The zero-order valence-corrected chi connectivity index (χ0v) is 15.1. The quantitative estimate of drug-likeness (QED) is 0.732. The van der Waals surface area contributed by atoms with E-state index in [4.69, 9.17) is 0 Å². The van der Waals surface area contributed by atoms with Crippen molar-refractivity contribution in [3.8, 4) is 5.69 Å².